The molecule has 7 heteroatoms. The number of anilines is 3. The number of halogens is 1. The zero-order valence-electron chi connectivity index (χ0n) is 14.4. The molecular weight excluding hydrogens is 340 g/mol. The molecule has 1 saturated heterocycles. The topological polar surface area (TPSA) is 67.3 Å². The van der Waals surface area contributed by atoms with E-state index in [1.807, 2.05) is 13.0 Å². The number of ether oxygens (including phenoxy) is 1. The Kier molecular flexibility index (Phi) is 5.38. The Morgan fingerprint density at radius 3 is 2.68 bits per heavy atom. The summed E-state index contributed by atoms with van der Waals surface area (Å²) in [6.07, 6.45) is 3.57. The van der Waals surface area contributed by atoms with Gasteiger partial charge in [0.1, 0.15) is 5.82 Å². The van der Waals surface area contributed by atoms with E-state index in [4.69, 9.17) is 16.3 Å². The van der Waals surface area contributed by atoms with Crippen LogP contribution in [0.5, 0.6) is 0 Å². The summed E-state index contributed by atoms with van der Waals surface area (Å²) < 4.78 is 4.76. The van der Waals surface area contributed by atoms with Crippen LogP contribution in [0.1, 0.15) is 35.3 Å². The average molecular weight is 361 g/mol. The van der Waals surface area contributed by atoms with E-state index in [1.54, 1.807) is 18.2 Å². The van der Waals surface area contributed by atoms with E-state index in [2.05, 4.69) is 20.2 Å². The molecule has 2 heterocycles. The molecule has 6 nitrogen and oxygen atoms in total. The number of aryl methyl sites for hydroxylation is 1. The van der Waals surface area contributed by atoms with E-state index in [-0.39, 0.29) is 0 Å². The van der Waals surface area contributed by atoms with E-state index in [0.717, 1.165) is 37.6 Å². The Hall–Kier alpha value is -2.34. The second-order valence-corrected chi connectivity index (χ2v) is 6.46. The van der Waals surface area contributed by atoms with Crippen molar-refractivity contribution in [2.45, 2.75) is 26.2 Å². The lowest BCUT2D eigenvalue weighted by Gasteiger charge is -2.27. The van der Waals surface area contributed by atoms with Gasteiger partial charge >= 0.3 is 5.97 Å². The Morgan fingerprint density at radius 1 is 1.20 bits per heavy atom. The van der Waals surface area contributed by atoms with E-state index < -0.39 is 5.97 Å². The first-order valence-corrected chi connectivity index (χ1v) is 8.70. The maximum absolute atomic E-state index is 11.7. The highest BCUT2D eigenvalue weighted by atomic mass is 35.5. The zero-order chi connectivity index (χ0) is 17.8. The van der Waals surface area contributed by atoms with Crippen LogP contribution in [0.4, 0.5) is 17.5 Å². The molecule has 0 saturated carbocycles. The standard InChI is InChI=1S/C18H21ClN4O2/c1-12-10-16(22-18(20-12)23-8-4-3-5-9-23)21-15-11-13(17(24)25-2)6-7-14(15)19/h6-7,10-11H,3-5,8-9H2,1-2H3,(H,20,21,22). The first kappa shape index (κ1) is 17.5. The Balaban J connectivity index is 1.87. The molecule has 1 aromatic carbocycles. The molecule has 0 atom stereocenters. The predicted molar refractivity (Wildman–Crippen MR) is 98.9 cm³/mol. The second kappa shape index (κ2) is 7.70. The van der Waals surface area contributed by atoms with Gasteiger partial charge in [-0.1, -0.05) is 11.6 Å². The summed E-state index contributed by atoms with van der Waals surface area (Å²) in [4.78, 5) is 23.1. The van der Waals surface area contributed by atoms with Crippen LogP contribution in [-0.2, 0) is 4.74 Å². The quantitative estimate of drug-likeness (QED) is 0.832. The maximum atomic E-state index is 11.7. The van der Waals surface area contributed by atoms with Crippen molar-refractivity contribution in [3.8, 4) is 0 Å². The number of carbonyl (C=O) groups is 1. The van der Waals surface area contributed by atoms with Gasteiger partial charge in [0.05, 0.1) is 23.4 Å². The number of aromatic nitrogens is 2. The zero-order valence-corrected chi connectivity index (χ0v) is 15.1. The summed E-state index contributed by atoms with van der Waals surface area (Å²) in [5.41, 5.74) is 1.90. The number of hydrogen-bond donors (Lipinski definition) is 1. The summed E-state index contributed by atoms with van der Waals surface area (Å²) in [7, 11) is 1.35. The largest absolute Gasteiger partial charge is 0.465 e. The molecule has 1 aliphatic heterocycles. The van der Waals surface area contributed by atoms with Crippen molar-refractivity contribution in [2.75, 3.05) is 30.4 Å². The van der Waals surface area contributed by atoms with Gasteiger partial charge in [-0.15, -0.1) is 0 Å². The van der Waals surface area contributed by atoms with Gasteiger partial charge in [-0.05, 0) is 44.4 Å². The molecule has 0 aliphatic carbocycles. The number of rotatable bonds is 4. The molecule has 1 fully saturated rings. The molecule has 1 N–H and O–H groups in total. The van der Waals surface area contributed by atoms with Crippen LogP contribution in [0.3, 0.4) is 0 Å². The number of piperidine rings is 1. The van der Waals surface area contributed by atoms with Crippen molar-refractivity contribution in [3.63, 3.8) is 0 Å². The third kappa shape index (κ3) is 4.20. The highest BCUT2D eigenvalue weighted by molar-refractivity contribution is 6.33. The van der Waals surface area contributed by atoms with Crippen LogP contribution < -0.4 is 10.2 Å². The van der Waals surface area contributed by atoms with Gasteiger partial charge in [-0.25, -0.2) is 9.78 Å². The second-order valence-electron chi connectivity index (χ2n) is 6.05. The summed E-state index contributed by atoms with van der Waals surface area (Å²) in [6, 6.07) is 6.81. The number of nitrogens with one attached hydrogen (secondary N) is 1. The van der Waals surface area contributed by atoms with E-state index in [0.29, 0.717) is 22.1 Å². The van der Waals surface area contributed by atoms with Crippen LogP contribution in [0.2, 0.25) is 5.02 Å². The number of benzene rings is 1. The van der Waals surface area contributed by atoms with Crippen LogP contribution in [0, 0.1) is 6.92 Å². The van der Waals surface area contributed by atoms with Gasteiger partial charge in [0, 0.05) is 24.8 Å². The van der Waals surface area contributed by atoms with Gasteiger partial charge in [-0.3, -0.25) is 0 Å². The fraction of sp³-hybridized carbons (Fsp3) is 0.389. The predicted octanol–water partition coefficient (Wildman–Crippen LogP) is 3.96. The van der Waals surface area contributed by atoms with E-state index in [9.17, 15) is 4.79 Å². The minimum atomic E-state index is -0.410. The van der Waals surface area contributed by atoms with E-state index >= 15 is 0 Å². The van der Waals surface area contributed by atoms with Gasteiger partial charge in [0.25, 0.3) is 0 Å². The molecule has 0 unspecified atom stereocenters. The summed E-state index contributed by atoms with van der Waals surface area (Å²) in [6.45, 7) is 3.88. The molecule has 132 valence electrons. The van der Waals surface area contributed by atoms with E-state index in [1.165, 1.54) is 13.5 Å². The van der Waals surface area contributed by atoms with Gasteiger partial charge in [0.2, 0.25) is 5.95 Å². The minimum Gasteiger partial charge on any atom is -0.465 e. The summed E-state index contributed by atoms with van der Waals surface area (Å²) in [5.74, 6) is 0.965. The van der Waals surface area contributed by atoms with Crippen LogP contribution in [0.25, 0.3) is 0 Å². The van der Waals surface area contributed by atoms with Crippen molar-refractivity contribution >= 4 is 35.0 Å². The van der Waals surface area contributed by atoms with Gasteiger partial charge < -0.3 is 15.0 Å². The minimum absolute atomic E-state index is 0.410. The van der Waals surface area contributed by atoms with Crippen molar-refractivity contribution in [3.05, 3.63) is 40.5 Å². The molecule has 0 radical (unpaired) electrons. The molecular formula is C18H21ClN4O2. The Morgan fingerprint density at radius 2 is 1.96 bits per heavy atom. The number of carbonyl (C=O) groups excluding carboxylic acids is 1. The first-order chi connectivity index (χ1) is 12.1. The van der Waals surface area contributed by atoms with Crippen molar-refractivity contribution in [1.82, 2.24) is 9.97 Å². The average Bonchev–Trinajstić information content (AvgIpc) is 2.63. The van der Waals surface area contributed by atoms with Crippen LogP contribution in [-0.4, -0.2) is 36.1 Å². The molecule has 2 aromatic rings. The lowest BCUT2D eigenvalue weighted by Crippen LogP contribution is -2.31. The number of nitrogens with zero attached hydrogens (tertiary/aromatic N) is 3. The Labute approximate surface area is 152 Å². The molecule has 1 aliphatic rings. The maximum Gasteiger partial charge on any atom is 0.337 e. The molecule has 1 aromatic heterocycles. The lowest BCUT2D eigenvalue weighted by atomic mass is 10.1. The summed E-state index contributed by atoms with van der Waals surface area (Å²) >= 11 is 6.25. The molecule has 0 amide bonds. The van der Waals surface area contributed by atoms with Gasteiger partial charge in [0.15, 0.2) is 0 Å². The monoisotopic (exact) mass is 360 g/mol. The number of methoxy groups -OCH3 is 1. The number of hydrogen-bond acceptors (Lipinski definition) is 6. The molecule has 25 heavy (non-hydrogen) atoms. The smallest absolute Gasteiger partial charge is 0.337 e. The third-order valence-electron chi connectivity index (χ3n) is 4.13. The molecule has 0 bridgehead atoms. The van der Waals surface area contributed by atoms with Crippen LogP contribution in [0.15, 0.2) is 24.3 Å². The normalized spacial score (nSPS) is 14.3. The van der Waals surface area contributed by atoms with Crippen molar-refractivity contribution in [1.29, 1.82) is 0 Å². The fourth-order valence-corrected chi connectivity index (χ4v) is 3.02. The summed E-state index contributed by atoms with van der Waals surface area (Å²) in [5, 5.41) is 3.70. The molecule has 3 rings (SSSR count). The molecule has 0 spiro atoms. The highest BCUT2D eigenvalue weighted by Gasteiger charge is 2.15. The Bertz CT molecular complexity index is 776. The number of esters is 1. The van der Waals surface area contributed by atoms with Crippen LogP contribution >= 0.6 is 11.6 Å². The highest BCUT2D eigenvalue weighted by Crippen LogP contribution is 2.27. The lowest BCUT2D eigenvalue weighted by molar-refractivity contribution is 0.0601. The van der Waals surface area contributed by atoms with Gasteiger partial charge in [-0.2, -0.15) is 4.98 Å². The SMILES string of the molecule is COC(=O)c1ccc(Cl)c(Nc2cc(C)nc(N3CCCCC3)n2)c1. The fourth-order valence-electron chi connectivity index (χ4n) is 2.86. The third-order valence-corrected chi connectivity index (χ3v) is 4.46. The van der Waals surface area contributed by atoms with Crippen molar-refractivity contribution < 1.29 is 9.53 Å². The van der Waals surface area contributed by atoms with Crippen molar-refractivity contribution in [2.24, 2.45) is 0 Å². The first-order valence-electron chi connectivity index (χ1n) is 8.32.